The van der Waals surface area contributed by atoms with Crippen LogP contribution in [-0.2, 0) is 0 Å². The molecule has 16 heavy (non-hydrogen) atoms. The molecule has 0 radical (unpaired) electrons. The van der Waals surface area contributed by atoms with E-state index in [1.807, 2.05) is 0 Å². The number of likely N-dealkylation sites (tertiary alicyclic amines) is 1. The SMILES string of the molecule is NCC1CCN(C(=O)c2ccc(F)cn2)C1. The number of rotatable bonds is 2. The normalized spacial score (nSPS) is 20.1. The summed E-state index contributed by atoms with van der Waals surface area (Å²) in [7, 11) is 0. The second-order valence-corrected chi connectivity index (χ2v) is 4.00. The van der Waals surface area contributed by atoms with Crippen LogP contribution in [0, 0.1) is 11.7 Å². The van der Waals surface area contributed by atoms with Crippen molar-refractivity contribution < 1.29 is 9.18 Å². The highest BCUT2D eigenvalue weighted by Crippen LogP contribution is 2.16. The maximum absolute atomic E-state index is 12.6. The predicted molar refractivity (Wildman–Crippen MR) is 57.3 cm³/mol. The Morgan fingerprint density at radius 2 is 2.44 bits per heavy atom. The Labute approximate surface area is 93.3 Å². The Morgan fingerprint density at radius 3 is 3.00 bits per heavy atom. The second kappa shape index (κ2) is 4.57. The van der Waals surface area contributed by atoms with Gasteiger partial charge in [-0.2, -0.15) is 0 Å². The number of nitrogens with zero attached hydrogens (tertiary/aromatic N) is 2. The summed E-state index contributed by atoms with van der Waals surface area (Å²) in [4.78, 5) is 17.4. The quantitative estimate of drug-likeness (QED) is 0.800. The van der Waals surface area contributed by atoms with E-state index in [0.29, 0.717) is 31.2 Å². The number of amides is 1. The first-order valence-electron chi connectivity index (χ1n) is 5.31. The van der Waals surface area contributed by atoms with Gasteiger partial charge in [-0.15, -0.1) is 0 Å². The first-order chi connectivity index (χ1) is 7.70. The number of carbonyl (C=O) groups excluding carboxylic acids is 1. The molecule has 0 bridgehead atoms. The number of aromatic nitrogens is 1. The van der Waals surface area contributed by atoms with E-state index in [4.69, 9.17) is 5.73 Å². The summed E-state index contributed by atoms with van der Waals surface area (Å²) in [6, 6.07) is 2.66. The molecule has 2 heterocycles. The summed E-state index contributed by atoms with van der Waals surface area (Å²) in [5.41, 5.74) is 5.84. The Kier molecular flexibility index (Phi) is 3.14. The fourth-order valence-corrected chi connectivity index (χ4v) is 1.87. The third-order valence-electron chi connectivity index (χ3n) is 2.85. The third-order valence-corrected chi connectivity index (χ3v) is 2.85. The summed E-state index contributed by atoms with van der Waals surface area (Å²) in [5.74, 6) is -0.196. The second-order valence-electron chi connectivity index (χ2n) is 4.00. The molecule has 2 rings (SSSR count). The highest BCUT2D eigenvalue weighted by Gasteiger charge is 2.26. The zero-order chi connectivity index (χ0) is 11.5. The van der Waals surface area contributed by atoms with Crippen molar-refractivity contribution >= 4 is 5.91 Å². The maximum Gasteiger partial charge on any atom is 0.272 e. The average molecular weight is 223 g/mol. The van der Waals surface area contributed by atoms with Crippen molar-refractivity contribution in [2.75, 3.05) is 19.6 Å². The molecule has 4 nitrogen and oxygen atoms in total. The van der Waals surface area contributed by atoms with Crippen LogP contribution in [0.2, 0.25) is 0 Å². The number of hydrogen-bond acceptors (Lipinski definition) is 3. The summed E-state index contributed by atoms with van der Waals surface area (Å²) in [6.07, 6.45) is 1.99. The Hall–Kier alpha value is -1.49. The molecule has 1 atom stereocenters. The highest BCUT2D eigenvalue weighted by atomic mass is 19.1. The van der Waals surface area contributed by atoms with E-state index in [-0.39, 0.29) is 5.91 Å². The first kappa shape index (κ1) is 11.0. The van der Waals surface area contributed by atoms with Gasteiger partial charge in [0, 0.05) is 13.1 Å². The molecular weight excluding hydrogens is 209 g/mol. The maximum atomic E-state index is 12.6. The molecule has 1 unspecified atom stereocenters. The molecule has 2 N–H and O–H groups in total. The van der Waals surface area contributed by atoms with Crippen molar-refractivity contribution in [1.82, 2.24) is 9.88 Å². The van der Waals surface area contributed by atoms with E-state index in [0.717, 1.165) is 12.6 Å². The van der Waals surface area contributed by atoms with Gasteiger partial charge in [-0.3, -0.25) is 4.79 Å². The number of hydrogen-bond donors (Lipinski definition) is 1. The van der Waals surface area contributed by atoms with Crippen molar-refractivity contribution in [1.29, 1.82) is 0 Å². The van der Waals surface area contributed by atoms with Crippen molar-refractivity contribution in [3.63, 3.8) is 0 Å². The summed E-state index contributed by atoms with van der Waals surface area (Å²) in [6.45, 7) is 1.98. The first-order valence-corrected chi connectivity index (χ1v) is 5.31. The van der Waals surface area contributed by atoms with Crippen LogP contribution in [0.3, 0.4) is 0 Å². The molecular formula is C11H14FN3O. The molecule has 1 aromatic heterocycles. The third kappa shape index (κ3) is 2.19. The van der Waals surface area contributed by atoms with E-state index >= 15 is 0 Å². The van der Waals surface area contributed by atoms with E-state index < -0.39 is 5.82 Å². The molecule has 1 aliphatic heterocycles. The van der Waals surface area contributed by atoms with Crippen LogP contribution in [0.5, 0.6) is 0 Å². The molecule has 0 aromatic carbocycles. The van der Waals surface area contributed by atoms with Gasteiger partial charge < -0.3 is 10.6 Å². The van der Waals surface area contributed by atoms with Crippen LogP contribution >= 0.6 is 0 Å². The minimum atomic E-state index is -0.433. The molecule has 1 fully saturated rings. The van der Waals surface area contributed by atoms with Gasteiger partial charge in [0.05, 0.1) is 6.20 Å². The fraction of sp³-hybridized carbons (Fsp3) is 0.455. The number of carbonyl (C=O) groups is 1. The summed E-state index contributed by atoms with van der Waals surface area (Å²) >= 11 is 0. The monoisotopic (exact) mass is 223 g/mol. The molecule has 1 saturated heterocycles. The lowest BCUT2D eigenvalue weighted by Crippen LogP contribution is -2.30. The van der Waals surface area contributed by atoms with Crippen molar-refractivity contribution in [3.05, 3.63) is 29.8 Å². The molecule has 86 valence electrons. The molecule has 0 aliphatic carbocycles. The van der Waals surface area contributed by atoms with Gasteiger partial charge in [0.2, 0.25) is 0 Å². The zero-order valence-corrected chi connectivity index (χ0v) is 8.90. The van der Waals surface area contributed by atoms with Gasteiger partial charge in [0.25, 0.3) is 5.91 Å². The van der Waals surface area contributed by atoms with Gasteiger partial charge in [-0.1, -0.05) is 0 Å². The van der Waals surface area contributed by atoms with Crippen LogP contribution in [0.1, 0.15) is 16.9 Å². The lowest BCUT2D eigenvalue weighted by molar-refractivity contribution is 0.0782. The van der Waals surface area contributed by atoms with Gasteiger partial charge >= 0.3 is 0 Å². The fourth-order valence-electron chi connectivity index (χ4n) is 1.87. The Bertz CT molecular complexity index is 379. The zero-order valence-electron chi connectivity index (χ0n) is 8.90. The van der Waals surface area contributed by atoms with Gasteiger partial charge in [0.15, 0.2) is 0 Å². The van der Waals surface area contributed by atoms with Gasteiger partial charge in [0.1, 0.15) is 11.5 Å². The van der Waals surface area contributed by atoms with E-state index in [1.165, 1.54) is 12.1 Å². The lowest BCUT2D eigenvalue weighted by atomic mass is 10.1. The number of halogens is 1. The van der Waals surface area contributed by atoms with Crippen LogP contribution in [0.25, 0.3) is 0 Å². The van der Waals surface area contributed by atoms with Crippen molar-refractivity contribution in [2.24, 2.45) is 11.7 Å². The van der Waals surface area contributed by atoms with Gasteiger partial charge in [-0.05, 0) is 31.0 Å². The smallest absolute Gasteiger partial charge is 0.272 e. The van der Waals surface area contributed by atoms with Gasteiger partial charge in [-0.25, -0.2) is 9.37 Å². The summed E-state index contributed by atoms with van der Waals surface area (Å²) in [5, 5.41) is 0. The number of pyridine rings is 1. The topological polar surface area (TPSA) is 59.2 Å². The predicted octanol–water partition coefficient (Wildman–Crippen LogP) is 0.641. The van der Waals surface area contributed by atoms with E-state index in [2.05, 4.69) is 4.98 Å². The van der Waals surface area contributed by atoms with E-state index in [1.54, 1.807) is 4.90 Å². The Balaban J connectivity index is 2.05. The number of nitrogens with two attached hydrogens (primary N) is 1. The largest absolute Gasteiger partial charge is 0.337 e. The lowest BCUT2D eigenvalue weighted by Gasteiger charge is -2.15. The van der Waals surface area contributed by atoms with Crippen molar-refractivity contribution in [3.8, 4) is 0 Å². The van der Waals surface area contributed by atoms with Crippen LogP contribution in [0.15, 0.2) is 18.3 Å². The summed E-state index contributed by atoms with van der Waals surface area (Å²) < 4.78 is 12.6. The molecule has 5 heteroatoms. The standard InChI is InChI=1S/C11H14FN3O/c12-9-1-2-10(14-6-9)11(16)15-4-3-8(5-13)7-15/h1-2,6,8H,3-5,7,13H2. The van der Waals surface area contributed by atoms with E-state index in [9.17, 15) is 9.18 Å². The molecule has 1 aliphatic rings. The van der Waals surface area contributed by atoms with Crippen LogP contribution in [-0.4, -0.2) is 35.4 Å². The minimum Gasteiger partial charge on any atom is -0.337 e. The molecule has 0 saturated carbocycles. The molecule has 1 aromatic rings. The van der Waals surface area contributed by atoms with Crippen molar-refractivity contribution in [2.45, 2.75) is 6.42 Å². The van der Waals surface area contributed by atoms with Crippen LogP contribution < -0.4 is 5.73 Å². The van der Waals surface area contributed by atoms with Crippen LogP contribution in [0.4, 0.5) is 4.39 Å². The highest BCUT2D eigenvalue weighted by molar-refractivity contribution is 5.92. The Morgan fingerprint density at radius 1 is 1.62 bits per heavy atom. The average Bonchev–Trinajstić information content (AvgIpc) is 2.77. The molecule has 0 spiro atoms. The molecule has 1 amide bonds. The minimum absolute atomic E-state index is 0.143.